The number of carbonyl (C=O) groups is 2. The second-order valence-corrected chi connectivity index (χ2v) is 8.35. The van der Waals surface area contributed by atoms with Gasteiger partial charge in [0.05, 0.1) is 12.0 Å². The molecule has 2 heterocycles. The molecule has 6 nitrogen and oxygen atoms in total. The fourth-order valence-electron chi connectivity index (χ4n) is 3.14. The van der Waals surface area contributed by atoms with Crippen molar-refractivity contribution in [2.24, 2.45) is 5.41 Å². The van der Waals surface area contributed by atoms with E-state index in [9.17, 15) is 9.59 Å². The van der Waals surface area contributed by atoms with E-state index in [1.54, 1.807) is 0 Å². The Hall–Kier alpha value is -1.50. The number of urea groups is 1. The minimum atomic E-state index is -0.383. The van der Waals surface area contributed by atoms with Gasteiger partial charge in [-0.3, -0.25) is 9.69 Å². The SMILES string of the molecule is CC(C)(C)c1nnc(CN2C(=O)NCC3(CCCC3)C2=O)s1. The number of hydrogen-bond acceptors (Lipinski definition) is 5. The largest absolute Gasteiger partial charge is 0.337 e. The minimum Gasteiger partial charge on any atom is -0.337 e. The van der Waals surface area contributed by atoms with Gasteiger partial charge in [0, 0.05) is 12.0 Å². The molecule has 0 aromatic carbocycles. The molecule has 2 aliphatic rings. The van der Waals surface area contributed by atoms with Crippen molar-refractivity contribution in [2.75, 3.05) is 6.54 Å². The summed E-state index contributed by atoms with van der Waals surface area (Å²) in [5, 5.41) is 12.9. The van der Waals surface area contributed by atoms with Gasteiger partial charge in [0.1, 0.15) is 10.0 Å². The lowest BCUT2D eigenvalue weighted by atomic mass is 9.83. The lowest BCUT2D eigenvalue weighted by molar-refractivity contribution is -0.141. The van der Waals surface area contributed by atoms with E-state index in [4.69, 9.17) is 0 Å². The highest BCUT2D eigenvalue weighted by Gasteiger charge is 2.48. The maximum atomic E-state index is 12.8. The van der Waals surface area contributed by atoms with Crippen LogP contribution in [-0.4, -0.2) is 33.6 Å². The molecule has 7 heteroatoms. The van der Waals surface area contributed by atoms with Crippen molar-refractivity contribution in [1.82, 2.24) is 20.4 Å². The molecule has 0 radical (unpaired) electrons. The Bertz CT molecular complexity index is 599. The molecule has 1 aromatic rings. The van der Waals surface area contributed by atoms with Crippen LogP contribution >= 0.6 is 11.3 Å². The Morgan fingerprint density at radius 1 is 1.23 bits per heavy atom. The molecule has 120 valence electrons. The number of carbonyl (C=O) groups excluding carboxylic acids is 2. The van der Waals surface area contributed by atoms with Gasteiger partial charge < -0.3 is 5.32 Å². The molecular formula is C15H22N4O2S. The number of amides is 3. The first-order valence-electron chi connectivity index (χ1n) is 7.74. The highest BCUT2D eigenvalue weighted by Crippen LogP contribution is 2.41. The molecule has 2 fully saturated rings. The highest BCUT2D eigenvalue weighted by molar-refractivity contribution is 7.11. The summed E-state index contributed by atoms with van der Waals surface area (Å²) < 4.78 is 0. The lowest BCUT2D eigenvalue weighted by Crippen LogP contribution is -2.59. The molecule has 1 spiro atoms. The van der Waals surface area contributed by atoms with E-state index >= 15 is 0 Å². The number of aromatic nitrogens is 2. The van der Waals surface area contributed by atoms with Gasteiger partial charge in [0.2, 0.25) is 5.91 Å². The lowest BCUT2D eigenvalue weighted by Gasteiger charge is -2.38. The van der Waals surface area contributed by atoms with Gasteiger partial charge in [-0.05, 0) is 12.8 Å². The van der Waals surface area contributed by atoms with E-state index in [1.165, 1.54) is 16.2 Å². The molecule has 3 rings (SSSR count). The van der Waals surface area contributed by atoms with Gasteiger partial charge in [-0.25, -0.2) is 4.79 Å². The van der Waals surface area contributed by atoms with Crippen LogP contribution in [0, 0.1) is 5.41 Å². The van der Waals surface area contributed by atoms with E-state index in [2.05, 4.69) is 36.3 Å². The van der Waals surface area contributed by atoms with Crippen LogP contribution in [0.2, 0.25) is 0 Å². The van der Waals surface area contributed by atoms with Gasteiger partial charge in [0.25, 0.3) is 0 Å². The van der Waals surface area contributed by atoms with Crippen LogP contribution in [0.25, 0.3) is 0 Å². The summed E-state index contributed by atoms with van der Waals surface area (Å²) in [5.74, 6) is -0.0405. The third kappa shape index (κ3) is 2.62. The van der Waals surface area contributed by atoms with Crippen molar-refractivity contribution in [3.05, 3.63) is 10.0 Å². The van der Waals surface area contributed by atoms with Crippen molar-refractivity contribution >= 4 is 23.3 Å². The summed E-state index contributed by atoms with van der Waals surface area (Å²) >= 11 is 1.47. The Morgan fingerprint density at radius 3 is 2.50 bits per heavy atom. The molecular weight excluding hydrogens is 300 g/mol. The Kier molecular flexibility index (Phi) is 3.71. The number of imide groups is 1. The molecule has 1 aliphatic carbocycles. The van der Waals surface area contributed by atoms with Crippen molar-refractivity contribution in [1.29, 1.82) is 0 Å². The second kappa shape index (κ2) is 5.30. The average Bonchev–Trinajstić information content (AvgIpc) is 3.09. The highest BCUT2D eigenvalue weighted by atomic mass is 32.1. The Morgan fingerprint density at radius 2 is 1.91 bits per heavy atom. The smallest absolute Gasteiger partial charge is 0.324 e. The zero-order chi connectivity index (χ0) is 16.0. The first-order chi connectivity index (χ1) is 10.3. The van der Waals surface area contributed by atoms with Crippen LogP contribution in [0.1, 0.15) is 56.5 Å². The summed E-state index contributed by atoms with van der Waals surface area (Å²) in [4.78, 5) is 26.2. The summed E-state index contributed by atoms with van der Waals surface area (Å²) in [6, 6.07) is -0.310. The number of nitrogens with zero attached hydrogens (tertiary/aromatic N) is 3. The standard InChI is InChI=1S/C15H22N4O2S/c1-14(2,3)11-18-17-10(22-11)8-19-12(20)15(6-4-5-7-15)9-16-13(19)21/h4-9H2,1-3H3,(H,16,21). The van der Waals surface area contributed by atoms with Gasteiger partial charge >= 0.3 is 6.03 Å². The quantitative estimate of drug-likeness (QED) is 0.907. The first-order valence-corrected chi connectivity index (χ1v) is 8.56. The fraction of sp³-hybridized carbons (Fsp3) is 0.733. The Balaban J connectivity index is 1.79. The van der Waals surface area contributed by atoms with Crippen molar-refractivity contribution in [2.45, 2.75) is 58.4 Å². The molecule has 1 saturated heterocycles. The van der Waals surface area contributed by atoms with Crippen LogP contribution in [0.4, 0.5) is 4.79 Å². The zero-order valence-corrected chi connectivity index (χ0v) is 14.1. The van der Waals surface area contributed by atoms with Gasteiger partial charge in [-0.2, -0.15) is 0 Å². The molecule has 1 N–H and O–H groups in total. The molecule has 22 heavy (non-hydrogen) atoms. The van der Waals surface area contributed by atoms with E-state index in [0.29, 0.717) is 11.6 Å². The molecule has 0 bridgehead atoms. The van der Waals surface area contributed by atoms with Gasteiger partial charge in [0.15, 0.2) is 0 Å². The maximum Gasteiger partial charge on any atom is 0.324 e. The van der Waals surface area contributed by atoms with Crippen LogP contribution in [0.15, 0.2) is 0 Å². The zero-order valence-electron chi connectivity index (χ0n) is 13.3. The molecule has 0 unspecified atom stereocenters. The third-order valence-electron chi connectivity index (χ3n) is 4.48. The molecule has 0 atom stereocenters. The summed E-state index contributed by atoms with van der Waals surface area (Å²) in [6.45, 7) is 6.92. The third-order valence-corrected chi connectivity index (χ3v) is 5.82. The monoisotopic (exact) mass is 322 g/mol. The van der Waals surface area contributed by atoms with Crippen LogP contribution < -0.4 is 5.32 Å². The topological polar surface area (TPSA) is 75.2 Å². The second-order valence-electron chi connectivity index (χ2n) is 7.29. The number of rotatable bonds is 2. The molecule has 1 saturated carbocycles. The number of hydrogen-bond donors (Lipinski definition) is 1. The van der Waals surface area contributed by atoms with E-state index < -0.39 is 0 Å². The first kappa shape index (κ1) is 15.4. The van der Waals surface area contributed by atoms with Crippen LogP contribution in [-0.2, 0) is 16.8 Å². The van der Waals surface area contributed by atoms with Crippen molar-refractivity contribution in [3.63, 3.8) is 0 Å². The van der Waals surface area contributed by atoms with E-state index in [0.717, 1.165) is 30.7 Å². The maximum absolute atomic E-state index is 12.8. The summed E-state index contributed by atoms with van der Waals surface area (Å²) in [5.41, 5.74) is -0.456. The van der Waals surface area contributed by atoms with Crippen molar-refractivity contribution in [3.8, 4) is 0 Å². The predicted molar refractivity (Wildman–Crippen MR) is 83.5 cm³/mol. The van der Waals surface area contributed by atoms with Crippen molar-refractivity contribution < 1.29 is 9.59 Å². The molecule has 1 aromatic heterocycles. The van der Waals surface area contributed by atoms with E-state index in [-0.39, 0.29) is 29.3 Å². The normalized spacial score (nSPS) is 21.5. The predicted octanol–water partition coefficient (Wildman–Crippen LogP) is 2.45. The Labute approximate surface area is 134 Å². The number of nitrogens with one attached hydrogen (secondary N) is 1. The van der Waals surface area contributed by atoms with E-state index in [1.807, 2.05) is 0 Å². The minimum absolute atomic E-state index is 0.0405. The molecule has 1 aliphatic heterocycles. The van der Waals surface area contributed by atoms with Gasteiger partial charge in [-0.15, -0.1) is 10.2 Å². The molecule has 3 amide bonds. The van der Waals surface area contributed by atoms with Gasteiger partial charge in [-0.1, -0.05) is 44.9 Å². The van der Waals surface area contributed by atoms with Crippen LogP contribution in [0.5, 0.6) is 0 Å². The average molecular weight is 322 g/mol. The fourth-order valence-corrected chi connectivity index (χ4v) is 4.02. The van der Waals surface area contributed by atoms with Crippen LogP contribution in [0.3, 0.4) is 0 Å². The summed E-state index contributed by atoms with van der Waals surface area (Å²) in [7, 11) is 0. The summed E-state index contributed by atoms with van der Waals surface area (Å²) in [6.07, 6.45) is 3.85.